The van der Waals surface area contributed by atoms with Gasteiger partial charge in [-0.3, -0.25) is 0 Å². The Morgan fingerprint density at radius 1 is 1.36 bits per heavy atom. The van der Waals surface area contributed by atoms with Crippen LogP contribution in [-0.2, 0) is 6.42 Å². The number of rotatable bonds is 0. The van der Waals surface area contributed by atoms with Crippen LogP contribution in [-0.4, -0.2) is 6.04 Å². The molecule has 0 fully saturated rings. The van der Waals surface area contributed by atoms with Crippen LogP contribution >= 0.6 is 15.9 Å². The van der Waals surface area contributed by atoms with Gasteiger partial charge in [0.05, 0.1) is 0 Å². The maximum atomic E-state index is 3.60. The van der Waals surface area contributed by atoms with E-state index >= 15 is 0 Å². The summed E-state index contributed by atoms with van der Waals surface area (Å²) < 4.78 is 1.23. The van der Waals surface area contributed by atoms with Crippen LogP contribution in [0.25, 0.3) is 0 Å². The second kappa shape index (κ2) is 3.27. The van der Waals surface area contributed by atoms with Gasteiger partial charge in [-0.25, -0.2) is 0 Å². The Labute approximate surface area is 94.0 Å². The first-order valence-electron chi connectivity index (χ1n) is 5.02. The zero-order chi connectivity index (χ0) is 10.3. The van der Waals surface area contributed by atoms with Gasteiger partial charge in [-0.1, -0.05) is 42.8 Å². The molecule has 1 nitrogen and oxygen atoms in total. The van der Waals surface area contributed by atoms with Crippen LogP contribution in [0.2, 0.25) is 0 Å². The van der Waals surface area contributed by atoms with Crippen molar-refractivity contribution in [1.82, 2.24) is 0 Å². The first-order chi connectivity index (χ1) is 6.48. The van der Waals surface area contributed by atoms with Gasteiger partial charge in [-0.05, 0) is 29.5 Å². The van der Waals surface area contributed by atoms with Crippen molar-refractivity contribution in [1.29, 1.82) is 0 Å². The molecule has 0 bridgehead atoms. The van der Waals surface area contributed by atoms with Crippen LogP contribution < -0.4 is 5.32 Å². The fraction of sp³-hybridized carbons (Fsp3) is 0.500. The van der Waals surface area contributed by atoms with E-state index in [0.29, 0.717) is 11.5 Å². The molecular weight excluding hydrogens is 238 g/mol. The van der Waals surface area contributed by atoms with Crippen molar-refractivity contribution in [3.05, 3.63) is 28.2 Å². The summed E-state index contributed by atoms with van der Waals surface area (Å²) in [5.74, 6) is 0. The summed E-state index contributed by atoms with van der Waals surface area (Å²) >= 11 is 3.60. The minimum Gasteiger partial charge on any atom is -0.381 e. The third kappa shape index (κ3) is 1.68. The van der Waals surface area contributed by atoms with Gasteiger partial charge in [0.2, 0.25) is 0 Å². The first kappa shape index (κ1) is 10.0. The van der Waals surface area contributed by atoms with Gasteiger partial charge in [0, 0.05) is 16.2 Å². The summed E-state index contributed by atoms with van der Waals surface area (Å²) in [6.07, 6.45) is 1.13. The number of benzene rings is 1. The molecule has 0 saturated heterocycles. The molecule has 1 unspecified atom stereocenters. The molecule has 1 N–H and O–H groups in total. The van der Waals surface area contributed by atoms with Crippen molar-refractivity contribution in [2.24, 2.45) is 5.41 Å². The van der Waals surface area contributed by atoms with Gasteiger partial charge < -0.3 is 5.32 Å². The van der Waals surface area contributed by atoms with E-state index in [0.717, 1.165) is 6.42 Å². The average Bonchev–Trinajstić information content (AvgIpc) is 2.48. The Kier molecular flexibility index (Phi) is 2.34. The molecule has 1 aromatic carbocycles. The molecule has 0 aromatic heterocycles. The molecule has 76 valence electrons. The molecule has 14 heavy (non-hydrogen) atoms. The molecule has 0 amide bonds. The third-order valence-electron chi connectivity index (χ3n) is 2.90. The molecule has 0 saturated carbocycles. The highest BCUT2D eigenvalue weighted by Crippen LogP contribution is 2.37. The van der Waals surface area contributed by atoms with Crippen molar-refractivity contribution in [2.45, 2.75) is 33.2 Å². The number of halogens is 1. The second-order valence-electron chi connectivity index (χ2n) is 5.03. The van der Waals surface area contributed by atoms with Gasteiger partial charge in [0.15, 0.2) is 0 Å². The van der Waals surface area contributed by atoms with E-state index in [1.165, 1.54) is 15.7 Å². The van der Waals surface area contributed by atoms with Crippen LogP contribution in [0, 0.1) is 5.41 Å². The van der Waals surface area contributed by atoms with Crippen molar-refractivity contribution < 1.29 is 0 Å². The largest absolute Gasteiger partial charge is 0.381 e. The van der Waals surface area contributed by atoms with E-state index in [-0.39, 0.29) is 0 Å². The smallest absolute Gasteiger partial charge is 0.0387 e. The lowest BCUT2D eigenvalue weighted by molar-refractivity contribution is 0.347. The average molecular weight is 254 g/mol. The molecule has 2 rings (SSSR count). The molecule has 0 aliphatic carbocycles. The van der Waals surface area contributed by atoms with Crippen molar-refractivity contribution >= 4 is 21.6 Å². The van der Waals surface area contributed by atoms with E-state index in [1.807, 2.05) is 0 Å². The van der Waals surface area contributed by atoms with Gasteiger partial charge in [-0.15, -0.1) is 0 Å². The molecular formula is C12H16BrN. The van der Waals surface area contributed by atoms with Crippen molar-refractivity contribution in [2.75, 3.05) is 5.32 Å². The third-order valence-corrected chi connectivity index (χ3v) is 3.65. The molecule has 0 spiro atoms. The molecule has 1 heterocycles. The standard InChI is InChI=1S/C12H16BrN/c1-12(2,3)11-7-8-9(13)5-4-6-10(8)14-11/h4-6,11,14H,7H2,1-3H3. The van der Waals surface area contributed by atoms with Crippen molar-refractivity contribution in [3.63, 3.8) is 0 Å². The van der Waals surface area contributed by atoms with E-state index in [1.54, 1.807) is 0 Å². The lowest BCUT2D eigenvalue weighted by Crippen LogP contribution is -2.31. The Morgan fingerprint density at radius 2 is 2.07 bits per heavy atom. The summed E-state index contributed by atoms with van der Waals surface area (Å²) in [4.78, 5) is 0. The minimum atomic E-state index is 0.318. The second-order valence-corrected chi connectivity index (χ2v) is 5.89. The molecule has 1 aliphatic heterocycles. The number of hydrogen-bond acceptors (Lipinski definition) is 1. The van der Waals surface area contributed by atoms with Crippen LogP contribution in [0.5, 0.6) is 0 Å². The number of fused-ring (bicyclic) bond motifs is 1. The van der Waals surface area contributed by atoms with E-state index in [2.05, 4.69) is 60.2 Å². The first-order valence-corrected chi connectivity index (χ1v) is 5.82. The van der Waals surface area contributed by atoms with Crippen molar-refractivity contribution in [3.8, 4) is 0 Å². The summed E-state index contributed by atoms with van der Waals surface area (Å²) in [6, 6.07) is 6.91. The van der Waals surface area contributed by atoms with E-state index in [4.69, 9.17) is 0 Å². The maximum absolute atomic E-state index is 3.60. The number of anilines is 1. The van der Waals surface area contributed by atoms with Crippen LogP contribution in [0.15, 0.2) is 22.7 Å². The zero-order valence-corrected chi connectivity index (χ0v) is 10.5. The molecule has 1 atom stereocenters. The predicted octanol–water partition coefficient (Wildman–Crippen LogP) is 3.83. The highest BCUT2D eigenvalue weighted by atomic mass is 79.9. The number of nitrogens with one attached hydrogen (secondary N) is 1. The maximum Gasteiger partial charge on any atom is 0.0387 e. The molecule has 1 aliphatic rings. The highest BCUT2D eigenvalue weighted by Gasteiger charge is 2.31. The Morgan fingerprint density at radius 3 is 2.64 bits per heavy atom. The number of hydrogen-bond donors (Lipinski definition) is 1. The summed E-state index contributed by atoms with van der Waals surface area (Å²) in [5, 5.41) is 3.59. The molecule has 0 radical (unpaired) electrons. The van der Waals surface area contributed by atoms with Crippen LogP contribution in [0.3, 0.4) is 0 Å². The van der Waals surface area contributed by atoms with E-state index in [9.17, 15) is 0 Å². The Balaban J connectivity index is 2.31. The topological polar surface area (TPSA) is 12.0 Å². The SMILES string of the molecule is CC(C)(C)C1Cc2c(Br)cccc2N1. The molecule has 1 aromatic rings. The zero-order valence-electron chi connectivity index (χ0n) is 8.89. The van der Waals surface area contributed by atoms with Crippen LogP contribution in [0.4, 0.5) is 5.69 Å². The van der Waals surface area contributed by atoms with Crippen LogP contribution in [0.1, 0.15) is 26.3 Å². The molecule has 2 heteroatoms. The van der Waals surface area contributed by atoms with Gasteiger partial charge >= 0.3 is 0 Å². The minimum absolute atomic E-state index is 0.318. The fourth-order valence-electron chi connectivity index (χ4n) is 1.87. The van der Waals surface area contributed by atoms with Gasteiger partial charge in [-0.2, -0.15) is 0 Å². The predicted molar refractivity (Wildman–Crippen MR) is 64.7 cm³/mol. The summed E-state index contributed by atoms with van der Waals surface area (Å²) in [7, 11) is 0. The monoisotopic (exact) mass is 253 g/mol. The van der Waals surface area contributed by atoms with Gasteiger partial charge in [0.25, 0.3) is 0 Å². The lowest BCUT2D eigenvalue weighted by atomic mass is 9.85. The fourth-order valence-corrected chi connectivity index (χ4v) is 2.39. The van der Waals surface area contributed by atoms with E-state index < -0.39 is 0 Å². The highest BCUT2D eigenvalue weighted by molar-refractivity contribution is 9.10. The summed E-state index contributed by atoms with van der Waals surface area (Å²) in [5.41, 5.74) is 3.03. The lowest BCUT2D eigenvalue weighted by Gasteiger charge is -2.27. The van der Waals surface area contributed by atoms with Gasteiger partial charge in [0.1, 0.15) is 0 Å². The Hall–Kier alpha value is -0.500. The Bertz CT molecular complexity index is 352. The normalized spacial score (nSPS) is 20.4. The quantitative estimate of drug-likeness (QED) is 0.741. The summed E-state index contributed by atoms with van der Waals surface area (Å²) in [6.45, 7) is 6.85.